The largest absolute Gasteiger partial charge is 0.489 e. The predicted molar refractivity (Wildman–Crippen MR) is 157 cm³/mol. The van der Waals surface area contributed by atoms with Gasteiger partial charge in [0.25, 0.3) is 5.56 Å². The van der Waals surface area contributed by atoms with Gasteiger partial charge in [-0.15, -0.1) is 0 Å². The molecule has 1 aromatic heterocycles. The zero-order chi connectivity index (χ0) is 28.3. The molecule has 6 rings (SSSR count). The number of nitrogens with one attached hydrogen (secondary N) is 1. The zero-order valence-electron chi connectivity index (χ0n) is 22.0. The molecule has 0 radical (unpaired) electrons. The minimum Gasteiger partial charge on any atom is -0.489 e. The van der Waals surface area contributed by atoms with Crippen molar-refractivity contribution in [1.82, 2.24) is 9.55 Å². The van der Waals surface area contributed by atoms with Crippen LogP contribution in [0.4, 0.5) is 0 Å². The molecule has 7 nitrogen and oxygen atoms in total. The molecule has 4 aromatic carbocycles. The smallest absolute Gasteiger partial charge is 0.335 e. The van der Waals surface area contributed by atoms with E-state index in [4.69, 9.17) is 4.74 Å². The maximum absolute atomic E-state index is 14.0. The normalized spacial score (nSPS) is 12.3. The van der Waals surface area contributed by atoms with Gasteiger partial charge < -0.3 is 14.8 Å². The lowest BCUT2D eigenvalue weighted by atomic mass is 9.83. The molecule has 202 valence electrons. The van der Waals surface area contributed by atoms with Crippen molar-refractivity contribution < 1.29 is 14.6 Å². The Kier molecular flexibility index (Phi) is 6.92. The molecule has 0 amide bonds. The van der Waals surface area contributed by atoms with E-state index in [1.807, 2.05) is 91.0 Å². The Morgan fingerprint density at radius 2 is 1.39 bits per heavy atom. The first kappa shape index (κ1) is 25.8. The summed E-state index contributed by atoms with van der Waals surface area (Å²) < 4.78 is 6.95. The topological polar surface area (TPSA) is 101 Å². The van der Waals surface area contributed by atoms with Gasteiger partial charge in [0.15, 0.2) is 0 Å². The molecule has 0 unspecified atom stereocenters. The summed E-state index contributed by atoms with van der Waals surface area (Å²) in [7, 11) is 0. The second-order valence-electron chi connectivity index (χ2n) is 9.91. The number of carboxylic acids is 1. The number of rotatable bonds is 7. The molecule has 0 saturated carbocycles. The number of aromatic amines is 1. The fourth-order valence-electron chi connectivity index (χ4n) is 5.34. The Hall–Kier alpha value is -5.43. The molecule has 0 fully saturated rings. The van der Waals surface area contributed by atoms with Crippen LogP contribution in [-0.4, -0.2) is 20.6 Å². The Morgan fingerprint density at radius 3 is 2.05 bits per heavy atom. The molecule has 0 spiro atoms. The van der Waals surface area contributed by atoms with Gasteiger partial charge >= 0.3 is 11.7 Å². The van der Waals surface area contributed by atoms with Crippen molar-refractivity contribution in [3.63, 3.8) is 0 Å². The number of carbonyl (C=O) groups is 1. The summed E-state index contributed by atoms with van der Waals surface area (Å²) in [5, 5.41) is 9.74. The molecule has 41 heavy (non-hydrogen) atoms. The van der Waals surface area contributed by atoms with Gasteiger partial charge in [0, 0.05) is 17.7 Å². The second-order valence-corrected chi connectivity index (χ2v) is 9.91. The van der Waals surface area contributed by atoms with Crippen molar-refractivity contribution in [3.8, 4) is 5.75 Å². The summed E-state index contributed by atoms with van der Waals surface area (Å²) in [6, 6.07) is 29.8. The first-order valence-electron chi connectivity index (χ1n) is 13.2. The highest BCUT2D eigenvalue weighted by Gasteiger charge is 2.26. The number of hydrogen-bond donors (Lipinski definition) is 2. The summed E-state index contributed by atoms with van der Waals surface area (Å²) in [6.07, 6.45) is 5.57. The third kappa shape index (κ3) is 5.25. The number of ether oxygens (including phenoxy) is 1. The minimum atomic E-state index is -1.11. The van der Waals surface area contributed by atoms with Crippen LogP contribution >= 0.6 is 0 Å². The molecular weight excluding hydrogens is 516 g/mol. The molecule has 2 N–H and O–H groups in total. The van der Waals surface area contributed by atoms with Gasteiger partial charge in [-0.25, -0.2) is 9.59 Å². The van der Waals surface area contributed by atoms with E-state index < -0.39 is 23.1 Å². The van der Waals surface area contributed by atoms with Gasteiger partial charge in [-0.05, 0) is 57.6 Å². The Labute approximate surface area is 235 Å². The van der Waals surface area contributed by atoms with Gasteiger partial charge in [-0.3, -0.25) is 9.36 Å². The summed E-state index contributed by atoms with van der Waals surface area (Å²) in [5.74, 6) is -0.872. The van der Waals surface area contributed by atoms with Crippen molar-refractivity contribution in [1.29, 1.82) is 0 Å². The second kappa shape index (κ2) is 11.0. The molecule has 0 aliphatic heterocycles. The van der Waals surface area contributed by atoms with E-state index in [-0.39, 0.29) is 18.7 Å². The Bertz CT molecular complexity index is 1850. The van der Waals surface area contributed by atoms with Gasteiger partial charge in [0.1, 0.15) is 12.4 Å². The van der Waals surface area contributed by atoms with Crippen LogP contribution in [0.5, 0.6) is 5.75 Å². The standard InChI is InChI=1S/C34H26N2O5/c37-32-30(31-28-12-6-4-8-24(28)14-15-25-9-5-7-13-29(25)31)19-35-34(40)36(32)20-22-16-23(18-26(17-22)33(38)39)21-41-27-10-2-1-3-11-27/h1-19,31H,20-21H2,(H,35,40)(H,38,39). The van der Waals surface area contributed by atoms with Crippen LogP contribution < -0.4 is 16.0 Å². The van der Waals surface area contributed by atoms with Gasteiger partial charge in [0.2, 0.25) is 0 Å². The van der Waals surface area contributed by atoms with Gasteiger partial charge in [0.05, 0.1) is 12.1 Å². The fourth-order valence-corrected chi connectivity index (χ4v) is 5.34. The number of fused-ring (bicyclic) bond motifs is 2. The van der Waals surface area contributed by atoms with Gasteiger partial charge in [-0.2, -0.15) is 0 Å². The number of para-hydroxylation sites is 1. The summed E-state index contributed by atoms with van der Waals surface area (Å²) >= 11 is 0. The highest BCUT2D eigenvalue weighted by Crippen LogP contribution is 2.37. The lowest BCUT2D eigenvalue weighted by Crippen LogP contribution is -2.38. The van der Waals surface area contributed by atoms with Crippen LogP contribution in [0.15, 0.2) is 113 Å². The summed E-state index contributed by atoms with van der Waals surface area (Å²) in [4.78, 5) is 41.7. The number of aromatic carboxylic acids is 1. The van der Waals surface area contributed by atoms with Crippen molar-refractivity contribution >= 4 is 18.1 Å². The number of carboxylic acid groups (broad SMARTS) is 1. The minimum absolute atomic E-state index is 0.0486. The van der Waals surface area contributed by atoms with Crippen LogP contribution in [0.2, 0.25) is 0 Å². The molecule has 1 heterocycles. The number of H-pyrrole nitrogens is 1. The lowest BCUT2D eigenvalue weighted by molar-refractivity contribution is 0.0696. The van der Waals surface area contributed by atoms with E-state index >= 15 is 0 Å². The molecule has 0 bridgehead atoms. The average molecular weight is 543 g/mol. The molecule has 1 aliphatic rings. The number of aromatic nitrogens is 2. The van der Waals surface area contributed by atoms with E-state index in [1.165, 1.54) is 18.3 Å². The van der Waals surface area contributed by atoms with Crippen molar-refractivity contribution in [3.05, 3.63) is 169 Å². The Morgan fingerprint density at radius 1 is 0.780 bits per heavy atom. The number of hydrogen-bond acceptors (Lipinski definition) is 4. The molecule has 1 aliphatic carbocycles. The van der Waals surface area contributed by atoms with E-state index in [0.29, 0.717) is 22.4 Å². The molecular formula is C34H26N2O5. The predicted octanol–water partition coefficient (Wildman–Crippen LogP) is 5.53. The van der Waals surface area contributed by atoms with Crippen molar-refractivity contribution in [2.75, 3.05) is 0 Å². The SMILES string of the molecule is O=C(O)c1cc(COc2ccccc2)cc(Cn2c(=O)[nH]cc(C3c4ccccc4C=Cc4ccccc43)c2=O)c1. The van der Waals surface area contributed by atoms with Crippen LogP contribution in [0.1, 0.15) is 55.2 Å². The van der Waals surface area contributed by atoms with Gasteiger partial charge in [-0.1, -0.05) is 84.9 Å². The lowest BCUT2D eigenvalue weighted by Gasteiger charge is -2.21. The molecule has 7 heteroatoms. The van der Waals surface area contributed by atoms with Crippen LogP contribution in [-0.2, 0) is 13.2 Å². The number of benzene rings is 4. The molecule has 0 atom stereocenters. The highest BCUT2D eigenvalue weighted by atomic mass is 16.5. The first-order valence-corrected chi connectivity index (χ1v) is 13.2. The van der Waals surface area contributed by atoms with E-state index in [0.717, 1.165) is 26.8 Å². The average Bonchev–Trinajstić information content (AvgIpc) is 3.16. The monoisotopic (exact) mass is 542 g/mol. The van der Waals surface area contributed by atoms with E-state index in [2.05, 4.69) is 4.98 Å². The van der Waals surface area contributed by atoms with Crippen LogP contribution in [0, 0.1) is 0 Å². The zero-order valence-corrected chi connectivity index (χ0v) is 22.0. The van der Waals surface area contributed by atoms with E-state index in [1.54, 1.807) is 6.07 Å². The van der Waals surface area contributed by atoms with E-state index in [9.17, 15) is 19.5 Å². The summed E-state index contributed by atoms with van der Waals surface area (Å²) in [5.41, 5.74) is 4.47. The van der Waals surface area contributed by atoms with Crippen molar-refractivity contribution in [2.24, 2.45) is 0 Å². The quantitative estimate of drug-likeness (QED) is 0.276. The molecule has 5 aromatic rings. The third-order valence-corrected chi connectivity index (χ3v) is 7.24. The maximum atomic E-state index is 14.0. The van der Waals surface area contributed by atoms with Crippen LogP contribution in [0.3, 0.4) is 0 Å². The Balaban J connectivity index is 1.41. The third-order valence-electron chi connectivity index (χ3n) is 7.24. The fraction of sp³-hybridized carbons (Fsp3) is 0.0882. The van der Waals surface area contributed by atoms with Crippen molar-refractivity contribution in [2.45, 2.75) is 19.1 Å². The summed E-state index contributed by atoms with van der Waals surface area (Å²) in [6.45, 7) is 0.0296. The van der Waals surface area contributed by atoms with Crippen LogP contribution in [0.25, 0.3) is 12.2 Å². The number of nitrogens with zero attached hydrogens (tertiary/aromatic N) is 1. The highest BCUT2D eigenvalue weighted by molar-refractivity contribution is 5.88. The maximum Gasteiger partial charge on any atom is 0.335 e. The molecule has 0 saturated heterocycles. The first-order chi connectivity index (χ1) is 20.0.